The maximum Gasteiger partial charge on any atom is 0.263 e. The van der Waals surface area contributed by atoms with E-state index in [1.165, 1.54) is 12.3 Å². The number of para-hydroxylation sites is 1. The molecule has 0 atom stereocenters. The summed E-state index contributed by atoms with van der Waals surface area (Å²) in [6.45, 7) is 2.29. The van der Waals surface area contributed by atoms with Gasteiger partial charge >= 0.3 is 0 Å². The maximum absolute atomic E-state index is 12.3. The molecule has 0 saturated carbocycles. The Morgan fingerprint density at radius 3 is 2.60 bits per heavy atom. The van der Waals surface area contributed by atoms with E-state index in [0.29, 0.717) is 22.4 Å². The molecule has 0 radical (unpaired) electrons. The molecule has 2 N–H and O–H groups in total. The number of rotatable bonds is 5. The Morgan fingerprint density at radius 1 is 1.35 bits per heavy atom. The van der Waals surface area contributed by atoms with E-state index in [4.69, 9.17) is 0 Å². The molecular weight excluding hydrogens is 344 g/mol. The van der Waals surface area contributed by atoms with E-state index < -0.39 is 10.0 Å². The van der Waals surface area contributed by atoms with Gasteiger partial charge in [0.2, 0.25) is 0 Å². The van der Waals surface area contributed by atoms with Crippen molar-refractivity contribution in [1.29, 1.82) is 0 Å². The van der Waals surface area contributed by atoms with Gasteiger partial charge in [0.1, 0.15) is 4.90 Å². The number of nitrogens with zero attached hydrogens (tertiary/aromatic N) is 1. The molecule has 0 bridgehead atoms. The van der Waals surface area contributed by atoms with Crippen LogP contribution in [0.1, 0.15) is 12.6 Å². The van der Waals surface area contributed by atoms with E-state index in [-0.39, 0.29) is 11.5 Å². The summed E-state index contributed by atoms with van der Waals surface area (Å²) >= 11 is 3.30. The number of hydrogen-bond donors (Lipinski definition) is 2. The quantitative estimate of drug-likeness (QED) is 0.862. The molecule has 7 heteroatoms. The highest BCUT2D eigenvalue weighted by atomic mass is 79.9. The Kier molecular flexibility index (Phi) is 4.52. The van der Waals surface area contributed by atoms with Gasteiger partial charge in [-0.2, -0.15) is 0 Å². The number of sulfonamides is 1. The Bertz CT molecular complexity index is 689. The molecule has 5 nitrogen and oxygen atoms in total. The molecule has 0 fully saturated rings. The number of aromatic nitrogens is 1. The number of nitrogens with one attached hydrogen (secondary N) is 1. The Balaban J connectivity index is 2.36. The van der Waals surface area contributed by atoms with Gasteiger partial charge < -0.3 is 9.67 Å². The first kappa shape index (κ1) is 15.1. The van der Waals surface area contributed by atoms with Crippen LogP contribution in [0.4, 0.5) is 5.69 Å². The van der Waals surface area contributed by atoms with Crippen LogP contribution < -0.4 is 4.72 Å². The van der Waals surface area contributed by atoms with Crippen molar-refractivity contribution in [1.82, 2.24) is 4.57 Å². The van der Waals surface area contributed by atoms with Crippen LogP contribution in [-0.4, -0.2) is 18.1 Å². The van der Waals surface area contributed by atoms with Crippen LogP contribution in [0.3, 0.4) is 0 Å². The van der Waals surface area contributed by atoms with Crippen LogP contribution in [-0.2, 0) is 23.2 Å². The van der Waals surface area contributed by atoms with Crippen LogP contribution in [0.5, 0.6) is 0 Å². The first-order valence-electron chi connectivity index (χ1n) is 6.05. The Morgan fingerprint density at radius 2 is 2.05 bits per heavy atom. The zero-order valence-corrected chi connectivity index (χ0v) is 13.3. The summed E-state index contributed by atoms with van der Waals surface area (Å²) in [5.74, 6) is 0. The lowest BCUT2D eigenvalue weighted by Crippen LogP contribution is -2.12. The summed E-state index contributed by atoms with van der Waals surface area (Å²) in [7, 11) is -3.67. The molecule has 0 aliphatic rings. The molecule has 0 amide bonds. The second-order valence-corrected chi connectivity index (χ2v) is 6.73. The van der Waals surface area contributed by atoms with Gasteiger partial charge in [0, 0.05) is 22.9 Å². The smallest absolute Gasteiger partial charge is 0.263 e. The molecule has 1 aromatic carbocycles. The molecule has 0 aliphatic carbocycles. The van der Waals surface area contributed by atoms with Gasteiger partial charge in [-0.3, -0.25) is 4.72 Å². The van der Waals surface area contributed by atoms with Gasteiger partial charge in [-0.25, -0.2) is 8.42 Å². The molecule has 0 spiro atoms. The highest BCUT2D eigenvalue weighted by Gasteiger charge is 2.18. The van der Waals surface area contributed by atoms with E-state index in [9.17, 15) is 13.5 Å². The van der Waals surface area contributed by atoms with Crippen molar-refractivity contribution >= 4 is 31.6 Å². The predicted molar refractivity (Wildman–Crippen MR) is 81.0 cm³/mol. The lowest BCUT2D eigenvalue weighted by Gasteiger charge is -2.08. The molecule has 2 aromatic rings. The van der Waals surface area contributed by atoms with Gasteiger partial charge in [-0.05, 0) is 41.1 Å². The molecule has 1 aromatic heterocycles. The summed E-state index contributed by atoms with van der Waals surface area (Å²) in [6.07, 6.45) is 1.52. The van der Waals surface area contributed by atoms with Crippen molar-refractivity contribution in [2.75, 3.05) is 4.72 Å². The number of aliphatic hydroxyl groups excluding tert-OH is 1. The zero-order chi connectivity index (χ0) is 14.8. The zero-order valence-electron chi connectivity index (χ0n) is 10.9. The van der Waals surface area contributed by atoms with E-state index >= 15 is 0 Å². The van der Waals surface area contributed by atoms with Gasteiger partial charge in [0.05, 0.1) is 12.3 Å². The predicted octanol–water partition coefficient (Wildman–Crippen LogP) is 2.56. The van der Waals surface area contributed by atoms with Gasteiger partial charge in [0.15, 0.2) is 0 Å². The van der Waals surface area contributed by atoms with E-state index in [0.717, 1.165) is 0 Å². The normalized spacial score (nSPS) is 11.6. The third-order valence-electron chi connectivity index (χ3n) is 2.89. The van der Waals surface area contributed by atoms with Crippen LogP contribution in [0.25, 0.3) is 0 Å². The summed E-state index contributed by atoms with van der Waals surface area (Å²) in [6, 6.07) is 8.46. The van der Waals surface area contributed by atoms with Crippen LogP contribution >= 0.6 is 15.9 Å². The molecular formula is C13H15BrN2O3S. The van der Waals surface area contributed by atoms with Crippen molar-refractivity contribution < 1.29 is 13.5 Å². The van der Waals surface area contributed by atoms with Crippen molar-refractivity contribution in [2.24, 2.45) is 0 Å². The Labute approximate surface area is 126 Å². The summed E-state index contributed by atoms with van der Waals surface area (Å²) in [5.41, 5.74) is 1.04. The van der Waals surface area contributed by atoms with E-state index in [1.807, 2.05) is 6.92 Å². The first-order valence-corrected chi connectivity index (χ1v) is 8.33. The third-order valence-corrected chi connectivity index (χ3v) is 4.92. The van der Waals surface area contributed by atoms with Gasteiger partial charge in [0.25, 0.3) is 10.0 Å². The molecule has 20 heavy (non-hydrogen) atoms. The molecule has 0 unspecified atom stereocenters. The lowest BCUT2D eigenvalue weighted by molar-refractivity contribution is 0.271. The van der Waals surface area contributed by atoms with Crippen LogP contribution in [0, 0.1) is 0 Å². The van der Waals surface area contributed by atoms with E-state index in [2.05, 4.69) is 20.7 Å². The molecule has 2 rings (SSSR count). The fraction of sp³-hybridized carbons (Fsp3) is 0.231. The minimum atomic E-state index is -3.67. The van der Waals surface area contributed by atoms with E-state index in [1.54, 1.807) is 28.8 Å². The molecule has 108 valence electrons. The van der Waals surface area contributed by atoms with Crippen LogP contribution in [0.15, 0.2) is 45.9 Å². The fourth-order valence-corrected chi connectivity index (χ4v) is 3.50. The summed E-state index contributed by atoms with van der Waals surface area (Å²) in [4.78, 5) is 0.138. The van der Waals surface area contributed by atoms with Gasteiger partial charge in [-0.1, -0.05) is 12.1 Å². The number of aryl methyl sites for hydroxylation is 1. The van der Waals surface area contributed by atoms with Crippen molar-refractivity contribution in [3.8, 4) is 0 Å². The first-order chi connectivity index (χ1) is 9.47. The maximum atomic E-state index is 12.3. The molecule has 0 aliphatic heterocycles. The molecule has 0 saturated heterocycles. The average Bonchev–Trinajstić information content (AvgIpc) is 2.85. The van der Waals surface area contributed by atoms with Crippen molar-refractivity contribution in [2.45, 2.75) is 25.0 Å². The van der Waals surface area contributed by atoms with Crippen molar-refractivity contribution in [3.63, 3.8) is 0 Å². The minimum absolute atomic E-state index is 0.138. The highest BCUT2D eigenvalue weighted by Crippen LogP contribution is 2.25. The third kappa shape index (κ3) is 3.05. The average molecular weight is 359 g/mol. The SMILES string of the molecule is CCn1cc(S(=O)(=O)Nc2ccccc2Br)cc1CO. The lowest BCUT2D eigenvalue weighted by atomic mass is 10.3. The topological polar surface area (TPSA) is 71.3 Å². The number of hydrogen-bond acceptors (Lipinski definition) is 3. The minimum Gasteiger partial charge on any atom is -0.390 e. The standard InChI is InChI=1S/C13H15BrN2O3S/c1-2-16-8-11(7-10(16)9-17)20(18,19)15-13-6-4-3-5-12(13)14/h3-8,15,17H,2,9H2,1H3. The summed E-state index contributed by atoms with van der Waals surface area (Å²) in [5, 5.41) is 9.22. The summed E-state index contributed by atoms with van der Waals surface area (Å²) < 4.78 is 29.5. The van der Waals surface area contributed by atoms with Gasteiger partial charge in [-0.15, -0.1) is 0 Å². The van der Waals surface area contributed by atoms with Crippen molar-refractivity contribution in [3.05, 3.63) is 46.7 Å². The molecule has 1 heterocycles. The number of halogens is 1. The van der Waals surface area contributed by atoms with Crippen LogP contribution in [0.2, 0.25) is 0 Å². The number of aliphatic hydroxyl groups is 1. The fourth-order valence-electron chi connectivity index (χ4n) is 1.85. The number of benzene rings is 1. The second-order valence-electron chi connectivity index (χ2n) is 4.20. The number of anilines is 1. The highest BCUT2D eigenvalue weighted by molar-refractivity contribution is 9.10. The monoisotopic (exact) mass is 358 g/mol. The second kappa shape index (κ2) is 5.99. The largest absolute Gasteiger partial charge is 0.390 e. The Hall–Kier alpha value is -1.31.